The Morgan fingerprint density at radius 3 is 2.64 bits per heavy atom. The monoisotopic (exact) mass is 498 g/mol. The van der Waals surface area contributed by atoms with E-state index in [1.807, 2.05) is 42.5 Å². The minimum Gasteiger partial charge on any atom is -0.493 e. The van der Waals surface area contributed by atoms with Crippen molar-refractivity contribution in [1.82, 2.24) is 4.57 Å². The van der Waals surface area contributed by atoms with E-state index in [2.05, 4.69) is 12.1 Å². The van der Waals surface area contributed by atoms with Gasteiger partial charge in [0.2, 0.25) is 0 Å². The van der Waals surface area contributed by atoms with E-state index < -0.39 is 6.04 Å². The van der Waals surface area contributed by atoms with Gasteiger partial charge >= 0.3 is 0 Å². The molecule has 2 heterocycles. The van der Waals surface area contributed by atoms with E-state index in [1.165, 1.54) is 29.0 Å². The highest BCUT2D eigenvalue weighted by Gasteiger charge is 2.32. The van der Waals surface area contributed by atoms with Gasteiger partial charge in [-0.1, -0.05) is 53.8 Å². The van der Waals surface area contributed by atoms with Crippen LogP contribution in [0.2, 0.25) is 0 Å². The quantitative estimate of drug-likeness (QED) is 0.417. The Hall–Kier alpha value is -3.97. The summed E-state index contributed by atoms with van der Waals surface area (Å²) in [5, 5.41) is 0. The maximum Gasteiger partial charge on any atom is 0.271 e. The second kappa shape index (κ2) is 8.91. The summed E-state index contributed by atoms with van der Waals surface area (Å²) in [6.07, 6.45) is 3.45. The predicted molar refractivity (Wildman–Crippen MR) is 139 cm³/mol. The third-order valence-corrected chi connectivity index (χ3v) is 7.73. The highest BCUT2D eigenvalue weighted by Crippen LogP contribution is 2.41. The average molecular weight is 499 g/mol. The van der Waals surface area contributed by atoms with Crippen molar-refractivity contribution in [2.24, 2.45) is 4.99 Å². The van der Waals surface area contributed by atoms with Crippen LogP contribution >= 0.6 is 11.3 Å². The predicted octanol–water partition coefficient (Wildman–Crippen LogP) is 4.48. The SMILES string of the molecule is COc1ccc(/C=c2/sc3n(c2=O)[C@@H](c2cccc(F)c2)C2=C(N=3)c3ccccc3CC2)cc1OC. The second-order valence-corrected chi connectivity index (χ2v) is 9.79. The van der Waals surface area contributed by atoms with Crippen LogP contribution in [0.4, 0.5) is 4.39 Å². The Labute approximate surface area is 211 Å². The number of benzene rings is 3. The second-order valence-electron chi connectivity index (χ2n) is 8.78. The number of allylic oxidation sites excluding steroid dienone is 1. The minimum atomic E-state index is -0.409. The number of thiazole rings is 1. The summed E-state index contributed by atoms with van der Waals surface area (Å²) in [6, 6.07) is 19.9. The zero-order chi connectivity index (χ0) is 24.8. The number of hydrogen-bond acceptors (Lipinski definition) is 5. The molecule has 0 N–H and O–H groups in total. The summed E-state index contributed by atoms with van der Waals surface area (Å²) >= 11 is 1.34. The lowest BCUT2D eigenvalue weighted by molar-refractivity contribution is 0.355. The average Bonchev–Trinajstić information content (AvgIpc) is 3.21. The highest BCUT2D eigenvalue weighted by atomic mass is 32.1. The van der Waals surface area contributed by atoms with Gasteiger partial charge in [-0.3, -0.25) is 9.36 Å². The smallest absolute Gasteiger partial charge is 0.271 e. The molecule has 1 aromatic heterocycles. The molecule has 6 rings (SSSR count). The third kappa shape index (κ3) is 3.67. The van der Waals surface area contributed by atoms with Crippen molar-refractivity contribution < 1.29 is 13.9 Å². The minimum absolute atomic E-state index is 0.145. The number of ether oxygens (including phenoxy) is 2. The van der Waals surface area contributed by atoms with Crippen molar-refractivity contribution in [3.05, 3.63) is 120 Å². The molecular weight excluding hydrogens is 475 g/mol. The molecule has 0 unspecified atom stereocenters. The number of aromatic nitrogens is 1. The Kier molecular flexibility index (Phi) is 5.57. The fourth-order valence-corrected chi connectivity index (χ4v) is 6.09. The fraction of sp³-hybridized carbons (Fsp3) is 0.172. The molecule has 0 radical (unpaired) electrons. The molecule has 1 aliphatic carbocycles. The van der Waals surface area contributed by atoms with E-state index in [1.54, 1.807) is 24.9 Å². The maximum absolute atomic E-state index is 14.3. The summed E-state index contributed by atoms with van der Waals surface area (Å²) in [5.74, 6) is 0.882. The number of nitrogens with zero attached hydrogens (tertiary/aromatic N) is 2. The van der Waals surface area contributed by atoms with Crippen molar-refractivity contribution in [3.8, 4) is 11.5 Å². The number of aryl methyl sites for hydroxylation is 1. The van der Waals surface area contributed by atoms with Gasteiger partial charge in [0.1, 0.15) is 5.82 Å². The molecule has 0 amide bonds. The number of fused-ring (bicyclic) bond motifs is 3. The van der Waals surface area contributed by atoms with Crippen LogP contribution in [-0.2, 0) is 6.42 Å². The first kappa shape index (κ1) is 22.5. The van der Waals surface area contributed by atoms with Crippen molar-refractivity contribution in [2.75, 3.05) is 14.2 Å². The van der Waals surface area contributed by atoms with Gasteiger partial charge in [-0.2, -0.15) is 0 Å². The maximum atomic E-state index is 14.3. The van der Waals surface area contributed by atoms with Gasteiger partial charge < -0.3 is 9.47 Å². The molecule has 1 aliphatic heterocycles. The van der Waals surface area contributed by atoms with E-state index in [-0.39, 0.29) is 11.4 Å². The molecule has 0 spiro atoms. The lowest BCUT2D eigenvalue weighted by Crippen LogP contribution is -2.38. The molecule has 0 saturated heterocycles. The van der Waals surface area contributed by atoms with Crippen molar-refractivity contribution in [3.63, 3.8) is 0 Å². The first-order chi connectivity index (χ1) is 17.6. The third-order valence-electron chi connectivity index (χ3n) is 6.74. The van der Waals surface area contributed by atoms with Gasteiger partial charge in [-0.25, -0.2) is 9.38 Å². The molecule has 4 aromatic rings. The lowest BCUT2D eigenvalue weighted by atomic mass is 9.83. The molecule has 36 heavy (non-hydrogen) atoms. The fourth-order valence-electron chi connectivity index (χ4n) is 5.09. The summed E-state index contributed by atoms with van der Waals surface area (Å²) in [7, 11) is 3.17. The standard InChI is InChI=1S/C29H23FN2O3S/c1-34-23-13-10-17(14-24(23)35-2)15-25-28(33)32-27(19-7-5-8-20(30)16-19)22-12-11-18-6-3-4-9-21(18)26(22)31-29(32)36-25/h3-10,13-16,27H,11-12H2,1-2H3/b25-15+/t27-/m0/s1. The van der Waals surface area contributed by atoms with Crippen molar-refractivity contribution in [2.45, 2.75) is 18.9 Å². The first-order valence-corrected chi connectivity index (χ1v) is 12.5. The van der Waals surface area contributed by atoms with E-state index in [4.69, 9.17) is 14.5 Å². The van der Waals surface area contributed by atoms with Gasteiger partial charge in [0.25, 0.3) is 5.56 Å². The molecule has 2 aliphatic rings. The van der Waals surface area contributed by atoms with Gasteiger partial charge in [0, 0.05) is 5.56 Å². The van der Waals surface area contributed by atoms with E-state index >= 15 is 0 Å². The molecular formula is C29H23FN2O3S. The topological polar surface area (TPSA) is 52.8 Å². The van der Waals surface area contributed by atoms with Crippen LogP contribution in [-0.4, -0.2) is 18.8 Å². The molecule has 0 saturated carbocycles. The number of halogens is 1. The van der Waals surface area contributed by atoms with E-state index in [0.717, 1.165) is 40.8 Å². The molecule has 3 aromatic carbocycles. The number of rotatable bonds is 4. The Morgan fingerprint density at radius 2 is 1.83 bits per heavy atom. The van der Waals surface area contributed by atoms with E-state index in [9.17, 15) is 9.18 Å². The van der Waals surface area contributed by atoms with Gasteiger partial charge in [0.15, 0.2) is 16.3 Å². The zero-order valence-electron chi connectivity index (χ0n) is 19.8. The number of methoxy groups -OCH3 is 2. The molecule has 0 bridgehead atoms. The summed E-state index contributed by atoms with van der Waals surface area (Å²) in [5.41, 5.74) is 5.67. The van der Waals surface area contributed by atoms with Crippen LogP contribution < -0.4 is 24.4 Å². The van der Waals surface area contributed by atoms with E-state index in [0.29, 0.717) is 20.8 Å². The van der Waals surface area contributed by atoms with Crippen molar-refractivity contribution >= 4 is 23.1 Å². The molecule has 1 atom stereocenters. The number of hydrogen-bond donors (Lipinski definition) is 0. The van der Waals surface area contributed by atoms with Gasteiger partial charge in [0.05, 0.1) is 30.5 Å². The van der Waals surface area contributed by atoms with Crippen LogP contribution in [0.15, 0.2) is 82.1 Å². The Morgan fingerprint density at radius 1 is 1.00 bits per heavy atom. The lowest BCUT2D eigenvalue weighted by Gasteiger charge is -2.30. The van der Waals surface area contributed by atoms with Crippen molar-refractivity contribution in [1.29, 1.82) is 0 Å². The normalized spacial score (nSPS) is 16.6. The highest BCUT2D eigenvalue weighted by molar-refractivity contribution is 7.07. The van der Waals surface area contributed by atoms with Crippen LogP contribution in [0, 0.1) is 5.82 Å². The molecule has 7 heteroatoms. The van der Waals surface area contributed by atoms with Crippen LogP contribution in [0.1, 0.15) is 34.7 Å². The van der Waals surface area contributed by atoms with Crippen LogP contribution in [0.5, 0.6) is 11.5 Å². The zero-order valence-corrected chi connectivity index (χ0v) is 20.6. The summed E-state index contributed by atoms with van der Waals surface area (Å²) in [6.45, 7) is 0. The Balaban J connectivity index is 1.59. The summed E-state index contributed by atoms with van der Waals surface area (Å²) in [4.78, 5) is 19.4. The molecule has 180 valence electrons. The van der Waals surface area contributed by atoms with Gasteiger partial charge in [-0.05, 0) is 65.4 Å². The first-order valence-electron chi connectivity index (χ1n) is 11.7. The largest absolute Gasteiger partial charge is 0.493 e. The molecule has 5 nitrogen and oxygen atoms in total. The Bertz CT molecular complexity index is 1720. The molecule has 0 fully saturated rings. The summed E-state index contributed by atoms with van der Waals surface area (Å²) < 4.78 is 27.4. The van der Waals surface area contributed by atoms with Crippen LogP contribution in [0.3, 0.4) is 0 Å². The van der Waals surface area contributed by atoms with Crippen LogP contribution in [0.25, 0.3) is 11.8 Å². The van der Waals surface area contributed by atoms with Gasteiger partial charge in [-0.15, -0.1) is 0 Å².